The van der Waals surface area contributed by atoms with E-state index in [4.69, 9.17) is 0 Å². The van der Waals surface area contributed by atoms with Crippen LogP contribution in [0.3, 0.4) is 0 Å². The molecule has 0 spiro atoms. The SMILES string of the molecule is CC1=C(C)C[C@@H](C(=O)O)[C@@H](C(=O)NNC(=O)c2csc3ccccc23)C1. The van der Waals surface area contributed by atoms with Gasteiger partial charge in [0.2, 0.25) is 5.91 Å². The molecule has 26 heavy (non-hydrogen) atoms. The number of nitrogens with one attached hydrogen (secondary N) is 2. The third-order valence-electron chi connectivity index (χ3n) is 4.95. The minimum Gasteiger partial charge on any atom is -0.481 e. The Balaban J connectivity index is 1.70. The smallest absolute Gasteiger partial charge is 0.307 e. The van der Waals surface area contributed by atoms with E-state index in [-0.39, 0.29) is 0 Å². The van der Waals surface area contributed by atoms with E-state index in [0.29, 0.717) is 18.4 Å². The Morgan fingerprint density at radius 1 is 1.04 bits per heavy atom. The average Bonchev–Trinajstić information content (AvgIpc) is 3.05. The van der Waals surface area contributed by atoms with Crippen LogP contribution in [-0.2, 0) is 9.59 Å². The summed E-state index contributed by atoms with van der Waals surface area (Å²) in [6.45, 7) is 3.80. The van der Waals surface area contributed by atoms with Crippen LogP contribution >= 0.6 is 11.3 Å². The second kappa shape index (κ2) is 7.29. The Morgan fingerprint density at radius 2 is 1.69 bits per heavy atom. The van der Waals surface area contributed by atoms with Crippen molar-refractivity contribution in [3.8, 4) is 0 Å². The molecule has 0 aliphatic heterocycles. The molecule has 0 unspecified atom stereocenters. The summed E-state index contributed by atoms with van der Waals surface area (Å²) in [5.41, 5.74) is 7.34. The Bertz CT molecular complexity index is 915. The monoisotopic (exact) mass is 372 g/mol. The van der Waals surface area contributed by atoms with Crippen LogP contribution in [0.2, 0.25) is 0 Å². The molecule has 3 N–H and O–H groups in total. The third-order valence-corrected chi connectivity index (χ3v) is 5.91. The summed E-state index contributed by atoms with van der Waals surface area (Å²) in [7, 11) is 0. The Hall–Kier alpha value is -2.67. The molecule has 0 saturated carbocycles. The van der Waals surface area contributed by atoms with E-state index < -0.39 is 29.6 Å². The lowest BCUT2D eigenvalue weighted by Crippen LogP contribution is -2.48. The van der Waals surface area contributed by atoms with Crippen LogP contribution in [0.4, 0.5) is 0 Å². The third kappa shape index (κ3) is 3.48. The summed E-state index contributed by atoms with van der Waals surface area (Å²) in [5, 5.41) is 12.0. The highest BCUT2D eigenvalue weighted by atomic mass is 32.1. The summed E-state index contributed by atoms with van der Waals surface area (Å²) in [5.74, 6) is -3.36. The van der Waals surface area contributed by atoms with Gasteiger partial charge in [0.05, 0.1) is 17.4 Å². The largest absolute Gasteiger partial charge is 0.481 e. The van der Waals surface area contributed by atoms with Crippen LogP contribution in [0.15, 0.2) is 40.8 Å². The molecule has 2 aromatic rings. The van der Waals surface area contributed by atoms with Gasteiger partial charge in [-0.2, -0.15) is 0 Å². The van der Waals surface area contributed by atoms with E-state index in [1.165, 1.54) is 11.3 Å². The van der Waals surface area contributed by atoms with Crippen molar-refractivity contribution in [3.63, 3.8) is 0 Å². The number of thiophene rings is 1. The topological polar surface area (TPSA) is 95.5 Å². The Labute approximate surface area is 154 Å². The number of amides is 2. The van der Waals surface area contributed by atoms with Gasteiger partial charge >= 0.3 is 5.97 Å². The van der Waals surface area contributed by atoms with Crippen molar-refractivity contribution < 1.29 is 19.5 Å². The Kier molecular flexibility index (Phi) is 5.08. The maximum Gasteiger partial charge on any atom is 0.307 e. The highest BCUT2D eigenvalue weighted by Crippen LogP contribution is 2.34. The molecule has 136 valence electrons. The first-order chi connectivity index (χ1) is 12.4. The van der Waals surface area contributed by atoms with E-state index >= 15 is 0 Å². The van der Waals surface area contributed by atoms with Crippen molar-refractivity contribution in [2.75, 3.05) is 0 Å². The van der Waals surface area contributed by atoms with Crippen LogP contribution < -0.4 is 10.9 Å². The number of carboxylic acids is 1. The lowest BCUT2D eigenvalue weighted by Gasteiger charge is -2.29. The molecule has 0 bridgehead atoms. The van der Waals surface area contributed by atoms with Crippen LogP contribution in [0, 0.1) is 11.8 Å². The van der Waals surface area contributed by atoms with E-state index in [1.807, 2.05) is 38.1 Å². The van der Waals surface area contributed by atoms with Crippen LogP contribution in [0.25, 0.3) is 10.1 Å². The summed E-state index contributed by atoms with van der Waals surface area (Å²) in [6, 6.07) is 7.52. The second-order valence-corrected chi connectivity index (χ2v) is 7.52. The number of fused-ring (bicyclic) bond motifs is 1. The lowest BCUT2D eigenvalue weighted by molar-refractivity contribution is -0.147. The van der Waals surface area contributed by atoms with Crippen molar-refractivity contribution in [1.82, 2.24) is 10.9 Å². The number of carbonyl (C=O) groups excluding carboxylic acids is 2. The van der Waals surface area contributed by atoms with Crippen molar-refractivity contribution >= 4 is 39.2 Å². The van der Waals surface area contributed by atoms with E-state index in [2.05, 4.69) is 10.9 Å². The zero-order valence-electron chi connectivity index (χ0n) is 14.5. The molecule has 0 radical (unpaired) electrons. The highest BCUT2D eigenvalue weighted by Gasteiger charge is 2.37. The number of hydrazine groups is 1. The number of hydrogen-bond acceptors (Lipinski definition) is 4. The summed E-state index contributed by atoms with van der Waals surface area (Å²) < 4.78 is 0.985. The first kappa shape index (κ1) is 18.1. The van der Waals surface area contributed by atoms with Crippen molar-refractivity contribution in [1.29, 1.82) is 0 Å². The van der Waals surface area contributed by atoms with Gasteiger partial charge in [0.15, 0.2) is 0 Å². The summed E-state index contributed by atoms with van der Waals surface area (Å²) in [6.07, 6.45) is 0.730. The molecular formula is C19H20N2O4S. The van der Waals surface area contributed by atoms with Gasteiger partial charge in [0, 0.05) is 15.5 Å². The standard InChI is InChI=1S/C19H20N2O4S/c1-10-7-13(14(19(24)25)8-11(10)2)17(22)20-21-18(23)15-9-26-16-6-4-3-5-12(15)16/h3-6,9,13-14H,7-8H2,1-2H3,(H,20,22)(H,21,23)(H,24,25)/t13-,14+/m0/s1. The molecule has 0 saturated heterocycles. The van der Waals surface area contributed by atoms with Crippen LogP contribution in [-0.4, -0.2) is 22.9 Å². The van der Waals surface area contributed by atoms with Gasteiger partial charge in [-0.15, -0.1) is 11.3 Å². The van der Waals surface area contributed by atoms with E-state index in [0.717, 1.165) is 21.2 Å². The molecule has 7 heteroatoms. The van der Waals surface area contributed by atoms with Crippen molar-refractivity contribution in [2.45, 2.75) is 26.7 Å². The fourth-order valence-electron chi connectivity index (χ4n) is 3.26. The fraction of sp³-hybridized carbons (Fsp3) is 0.316. The molecule has 6 nitrogen and oxygen atoms in total. The Morgan fingerprint density at radius 3 is 2.38 bits per heavy atom. The molecule has 3 rings (SSSR count). The summed E-state index contributed by atoms with van der Waals surface area (Å²) >= 11 is 1.45. The fourth-order valence-corrected chi connectivity index (χ4v) is 4.20. The molecule has 2 amide bonds. The highest BCUT2D eigenvalue weighted by molar-refractivity contribution is 7.17. The minimum atomic E-state index is -0.993. The maximum absolute atomic E-state index is 12.5. The number of carboxylic acid groups (broad SMARTS) is 1. The van der Waals surface area contributed by atoms with Gasteiger partial charge in [-0.05, 0) is 32.8 Å². The maximum atomic E-state index is 12.5. The van der Waals surface area contributed by atoms with E-state index in [9.17, 15) is 19.5 Å². The van der Waals surface area contributed by atoms with Gasteiger partial charge in [-0.25, -0.2) is 0 Å². The molecule has 1 aromatic carbocycles. The number of hydrogen-bond donors (Lipinski definition) is 3. The number of allylic oxidation sites excluding steroid dienone is 2. The predicted molar refractivity (Wildman–Crippen MR) is 99.7 cm³/mol. The number of rotatable bonds is 3. The van der Waals surface area contributed by atoms with Crippen LogP contribution in [0.1, 0.15) is 37.0 Å². The van der Waals surface area contributed by atoms with E-state index in [1.54, 1.807) is 5.38 Å². The zero-order chi connectivity index (χ0) is 18.8. The molecule has 1 heterocycles. The van der Waals surface area contributed by atoms with Crippen molar-refractivity contribution in [2.24, 2.45) is 11.8 Å². The minimum absolute atomic E-state index is 0.350. The van der Waals surface area contributed by atoms with Crippen LogP contribution in [0.5, 0.6) is 0 Å². The predicted octanol–water partition coefficient (Wildman–Crippen LogP) is 3.11. The van der Waals surface area contributed by atoms with Gasteiger partial charge in [-0.3, -0.25) is 25.2 Å². The first-order valence-electron chi connectivity index (χ1n) is 8.33. The molecular weight excluding hydrogens is 352 g/mol. The quantitative estimate of drug-likeness (QED) is 0.570. The molecule has 1 aromatic heterocycles. The van der Waals surface area contributed by atoms with Gasteiger partial charge in [0.25, 0.3) is 5.91 Å². The molecule has 0 fully saturated rings. The molecule has 2 atom stereocenters. The number of carbonyl (C=O) groups is 3. The molecule has 1 aliphatic carbocycles. The number of aliphatic carboxylic acids is 1. The van der Waals surface area contributed by atoms with Gasteiger partial charge in [0.1, 0.15) is 0 Å². The molecule has 1 aliphatic rings. The lowest BCUT2D eigenvalue weighted by atomic mass is 9.76. The van der Waals surface area contributed by atoms with Gasteiger partial charge < -0.3 is 5.11 Å². The average molecular weight is 372 g/mol. The second-order valence-electron chi connectivity index (χ2n) is 6.61. The summed E-state index contributed by atoms with van der Waals surface area (Å²) in [4.78, 5) is 36.4. The first-order valence-corrected chi connectivity index (χ1v) is 9.21. The van der Waals surface area contributed by atoms with Crippen molar-refractivity contribution in [3.05, 3.63) is 46.4 Å². The number of benzene rings is 1. The van der Waals surface area contributed by atoms with Gasteiger partial charge in [-0.1, -0.05) is 29.3 Å². The normalized spacial score (nSPS) is 20.1. The zero-order valence-corrected chi connectivity index (χ0v) is 15.4.